The Bertz CT molecular complexity index is 862. The van der Waals surface area contributed by atoms with Crippen LogP contribution in [0.2, 0.25) is 0 Å². The van der Waals surface area contributed by atoms with Crippen molar-refractivity contribution in [3.05, 3.63) is 69.5 Å². The van der Waals surface area contributed by atoms with E-state index in [2.05, 4.69) is 15.9 Å². The minimum absolute atomic E-state index is 0.343. The van der Waals surface area contributed by atoms with Crippen molar-refractivity contribution in [3.8, 4) is 6.07 Å². The van der Waals surface area contributed by atoms with Crippen LogP contribution in [0.25, 0.3) is 10.1 Å². The smallest absolute Gasteiger partial charge is 0.192 e. The molecule has 0 bridgehead atoms. The maximum Gasteiger partial charge on any atom is 0.192 e. The average Bonchev–Trinajstić information content (AvgIpc) is 3.00. The van der Waals surface area contributed by atoms with Crippen LogP contribution in [0.4, 0.5) is 0 Å². The molecule has 0 aliphatic rings. The molecular weight excluding hydrogens is 374 g/mol. The number of hydrogen-bond acceptors (Lipinski definition) is 4. The number of rotatable bonds is 4. The third kappa shape index (κ3) is 3.20. The first-order chi connectivity index (χ1) is 11.1. The van der Waals surface area contributed by atoms with Crippen LogP contribution in [0.1, 0.15) is 21.3 Å². The summed E-state index contributed by atoms with van der Waals surface area (Å²) >= 11 is 4.67. The minimum Gasteiger partial charge on any atom is -0.387 e. The van der Waals surface area contributed by atoms with E-state index in [1.54, 1.807) is 30.3 Å². The van der Waals surface area contributed by atoms with E-state index in [9.17, 15) is 15.2 Å². The highest BCUT2D eigenvalue weighted by molar-refractivity contribution is 9.10. The summed E-state index contributed by atoms with van der Waals surface area (Å²) in [6.07, 6.45) is -1.15. The predicted octanol–water partition coefficient (Wildman–Crippen LogP) is 4.72. The number of benzene rings is 2. The number of aliphatic hydroxyl groups is 1. The van der Waals surface area contributed by atoms with Gasteiger partial charge in [-0.3, -0.25) is 4.79 Å². The lowest BCUT2D eigenvalue weighted by Gasteiger charge is -2.15. The largest absolute Gasteiger partial charge is 0.387 e. The number of carbonyl (C=O) groups excluding carboxylic acids is 1. The van der Waals surface area contributed by atoms with Crippen molar-refractivity contribution < 1.29 is 9.90 Å². The molecule has 0 aliphatic heterocycles. The highest BCUT2D eigenvalue weighted by Gasteiger charge is 2.30. The zero-order valence-electron chi connectivity index (χ0n) is 11.9. The Balaban J connectivity index is 1.92. The molecule has 0 spiro atoms. The van der Waals surface area contributed by atoms with Gasteiger partial charge < -0.3 is 5.11 Å². The number of ketones is 1. The fourth-order valence-corrected chi connectivity index (χ4v) is 3.69. The van der Waals surface area contributed by atoms with Gasteiger partial charge in [0.25, 0.3) is 0 Å². The molecule has 5 heteroatoms. The van der Waals surface area contributed by atoms with Gasteiger partial charge in [0.1, 0.15) is 12.0 Å². The van der Waals surface area contributed by atoms with Crippen LogP contribution in [0.15, 0.2) is 59.1 Å². The number of nitrogens with zero attached hydrogens (tertiary/aromatic N) is 1. The molecule has 23 heavy (non-hydrogen) atoms. The zero-order valence-corrected chi connectivity index (χ0v) is 14.3. The average molecular weight is 386 g/mol. The summed E-state index contributed by atoms with van der Waals surface area (Å²) in [5.74, 6) is -1.46. The van der Waals surface area contributed by atoms with Crippen LogP contribution in [0.5, 0.6) is 0 Å². The van der Waals surface area contributed by atoms with E-state index in [4.69, 9.17) is 0 Å². The number of Topliss-reactive ketones (excluding diaryl/α,β-unsaturated/α-hetero) is 1. The first kappa shape index (κ1) is 15.9. The molecule has 0 amide bonds. The second-order valence-electron chi connectivity index (χ2n) is 5.12. The first-order valence-corrected chi connectivity index (χ1v) is 8.57. The third-order valence-corrected chi connectivity index (χ3v) is 5.28. The molecule has 2 atom stereocenters. The number of carbonyl (C=O) groups is 1. The van der Waals surface area contributed by atoms with Crippen molar-refractivity contribution in [2.24, 2.45) is 5.92 Å². The Morgan fingerprint density at radius 3 is 2.52 bits per heavy atom. The summed E-state index contributed by atoms with van der Waals surface area (Å²) in [5, 5.41) is 20.8. The lowest BCUT2D eigenvalue weighted by Crippen LogP contribution is -2.20. The Kier molecular flexibility index (Phi) is 4.58. The van der Waals surface area contributed by atoms with Crippen molar-refractivity contribution in [1.29, 1.82) is 5.26 Å². The Hall–Kier alpha value is -2.00. The molecule has 0 saturated carbocycles. The normalized spacial score (nSPS) is 13.4. The van der Waals surface area contributed by atoms with Crippen LogP contribution < -0.4 is 0 Å². The summed E-state index contributed by atoms with van der Waals surface area (Å²) in [5.41, 5.74) is 0.550. The van der Waals surface area contributed by atoms with Crippen molar-refractivity contribution in [1.82, 2.24) is 0 Å². The fraction of sp³-hybridized carbons (Fsp3) is 0.111. The minimum atomic E-state index is -1.15. The van der Waals surface area contributed by atoms with Crippen LogP contribution in [-0.2, 0) is 0 Å². The first-order valence-electron chi connectivity index (χ1n) is 6.96. The number of thiophene rings is 1. The lowest BCUT2D eigenvalue weighted by atomic mass is 9.92. The number of aliphatic hydroxyl groups excluding tert-OH is 1. The van der Waals surface area contributed by atoms with Crippen LogP contribution in [-0.4, -0.2) is 10.9 Å². The summed E-state index contributed by atoms with van der Waals surface area (Å²) in [6, 6.07) is 18.4. The second kappa shape index (κ2) is 6.63. The van der Waals surface area contributed by atoms with Crippen molar-refractivity contribution in [3.63, 3.8) is 0 Å². The highest BCUT2D eigenvalue weighted by Crippen LogP contribution is 2.31. The van der Waals surface area contributed by atoms with Crippen LogP contribution in [0.3, 0.4) is 0 Å². The van der Waals surface area contributed by atoms with Gasteiger partial charge in [-0.15, -0.1) is 11.3 Å². The molecule has 0 radical (unpaired) electrons. The van der Waals surface area contributed by atoms with Crippen LogP contribution in [0, 0.1) is 17.2 Å². The van der Waals surface area contributed by atoms with E-state index in [1.807, 2.05) is 30.3 Å². The SMILES string of the molecule is N#CC(C(=O)c1cc2ccccc2s1)C(O)c1ccc(Br)cc1. The zero-order chi connectivity index (χ0) is 16.4. The standard InChI is InChI=1S/C18H12BrNO2S/c19-13-7-5-11(6-8-13)17(21)14(10-20)18(22)16-9-12-3-1-2-4-15(12)23-16/h1-9,14,17,21H. The highest BCUT2D eigenvalue weighted by atomic mass is 79.9. The summed E-state index contributed by atoms with van der Waals surface area (Å²) < 4.78 is 1.86. The van der Waals surface area contributed by atoms with Gasteiger partial charge in [0.2, 0.25) is 0 Å². The van der Waals surface area contributed by atoms with E-state index in [-0.39, 0.29) is 5.78 Å². The van der Waals surface area contributed by atoms with Crippen molar-refractivity contribution >= 4 is 43.1 Å². The van der Waals surface area contributed by atoms with Crippen LogP contribution >= 0.6 is 27.3 Å². The van der Waals surface area contributed by atoms with E-state index in [0.29, 0.717) is 10.4 Å². The second-order valence-corrected chi connectivity index (χ2v) is 7.12. The lowest BCUT2D eigenvalue weighted by molar-refractivity contribution is 0.0780. The number of fused-ring (bicyclic) bond motifs is 1. The molecule has 0 aliphatic carbocycles. The van der Waals surface area contributed by atoms with Gasteiger partial charge in [-0.2, -0.15) is 5.26 Å². The third-order valence-electron chi connectivity index (χ3n) is 3.62. The molecule has 1 heterocycles. The molecule has 3 rings (SSSR count). The molecule has 114 valence electrons. The monoisotopic (exact) mass is 385 g/mol. The van der Waals surface area contributed by atoms with E-state index < -0.39 is 12.0 Å². The van der Waals surface area contributed by atoms with Gasteiger partial charge in [-0.1, -0.05) is 46.3 Å². The molecular formula is C18H12BrNO2S. The van der Waals surface area contributed by atoms with Gasteiger partial charge in [-0.25, -0.2) is 0 Å². The van der Waals surface area contributed by atoms with Gasteiger partial charge >= 0.3 is 0 Å². The molecule has 1 aromatic heterocycles. The molecule has 3 aromatic rings. The Labute approximate surface area is 145 Å². The summed E-state index contributed by atoms with van der Waals surface area (Å²) in [7, 11) is 0. The maximum atomic E-state index is 12.6. The van der Waals surface area contributed by atoms with Gasteiger partial charge in [0.15, 0.2) is 5.78 Å². The van der Waals surface area contributed by atoms with Gasteiger partial charge in [-0.05, 0) is 35.2 Å². The molecule has 3 nitrogen and oxygen atoms in total. The number of hydrogen-bond donors (Lipinski definition) is 1. The predicted molar refractivity (Wildman–Crippen MR) is 94.4 cm³/mol. The van der Waals surface area contributed by atoms with Crippen molar-refractivity contribution in [2.45, 2.75) is 6.10 Å². The maximum absolute atomic E-state index is 12.6. The molecule has 0 fully saturated rings. The van der Waals surface area contributed by atoms with Crippen molar-refractivity contribution in [2.75, 3.05) is 0 Å². The Morgan fingerprint density at radius 1 is 1.17 bits per heavy atom. The van der Waals surface area contributed by atoms with Gasteiger partial charge in [0.05, 0.1) is 10.9 Å². The molecule has 2 unspecified atom stereocenters. The van der Waals surface area contributed by atoms with E-state index >= 15 is 0 Å². The van der Waals surface area contributed by atoms with Gasteiger partial charge in [0, 0.05) is 9.17 Å². The fourth-order valence-electron chi connectivity index (χ4n) is 2.38. The molecule has 1 N–H and O–H groups in total. The van der Waals surface area contributed by atoms with E-state index in [1.165, 1.54) is 11.3 Å². The summed E-state index contributed by atoms with van der Waals surface area (Å²) in [6.45, 7) is 0. The topological polar surface area (TPSA) is 61.1 Å². The molecule has 0 saturated heterocycles. The quantitative estimate of drug-likeness (QED) is 0.660. The molecule has 2 aromatic carbocycles. The number of halogens is 1. The summed E-state index contributed by atoms with van der Waals surface area (Å²) in [4.78, 5) is 13.1. The Morgan fingerprint density at radius 2 is 1.87 bits per heavy atom. The van der Waals surface area contributed by atoms with E-state index in [0.717, 1.165) is 14.6 Å². The number of nitriles is 1.